The quantitative estimate of drug-likeness (QED) is 0.407. The lowest BCUT2D eigenvalue weighted by Crippen LogP contribution is -2.11. The van der Waals surface area contributed by atoms with Crippen LogP contribution in [0.4, 0.5) is 0 Å². The maximum Gasteiger partial charge on any atom is 0.0918 e. The maximum absolute atomic E-state index is 8.34. The third-order valence-electron chi connectivity index (χ3n) is 1.84. The van der Waals surface area contributed by atoms with E-state index in [1.807, 2.05) is 12.1 Å². The molecule has 70 valence electrons. The van der Waals surface area contributed by atoms with Crippen LogP contribution in [0, 0.1) is 0 Å². The van der Waals surface area contributed by atoms with Crippen molar-refractivity contribution in [3.63, 3.8) is 0 Å². The molecule has 0 radical (unpaired) electrons. The fourth-order valence-electron chi connectivity index (χ4n) is 1.04. The molecule has 1 N–H and O–H groups in total. The van der Waals surface area contributed by atoms with Crippen LogP contribution in [0.2, 0.25) is 0 Å². The van der Waals surface area contributed by atoms with E-state index in [1.165, 1.54) is 11.8 Å². The van der Waals surface area contributed by atoms with Gasteiger partial charge in [-0.15, -0.1) is 0 Å². The average Bonchev–Trinajstić information content (AvgIpc) is 2.04. The second-order valence-electron chi connectivity index (χ2n) is 3.96. The molecule has 0 saturated heterocycles. The first-order valence-corrected chi connectivity index (χ1v) is 4.18. The molecule has 0 aliphatic heterocycles. The van der Waals surface area contributed by atoms with Crippen LogP contribution < -0.4 is 0 Å². The second kappa shape index (κ2) is 3.56. The van der Waals surface area contributed by atoms with Crippen molar-refractivity contribution in [2.45, 2.75) is 26.2 Å². The molecule has 3 nitrogen and oxygen atoms in total. The molecule has 0 fully saturated rings. The second-order valence-corrected chi connectivity index (χ2v) is 3.96. The molecule has 0 bridgehead atoms. The molecule has 0 amide bonds. The molecule has 0 aliphatic carbocycles. The van der Waals surface area contributed by atoms with Crippen LogP contribution in [0.5, 0.6) is 0 Å². The van der Waals surface area contributed by atoms with Crippen LogP contribution in [0.1, 0.15) is 32.0 Å². The number of rotatable bonds is 1. The lowest BCUT2D eigenvalue weighted by atomic mass is 9.87. The Morgan fingerprint density at radius 1 is 1.46 bits per heavy atom. The normalized spacial score (nSPS) is 12.2. The van der Waals surface area contributed by atoms with E-state index in [4.69, 9.17) is 5.21 Å². The van der Waals surface area contributed by atoms with Gasteiger partial charge in [-0.25, -0.2) is 0 Å². The van der Waals surface area contributed by atoms with Crippen LogP contribution in [0.3, 0.4) is 0 Å². The average molecular weight is 178 g/mol. The number of oxime groups is 1. The van der Waals surface area contributed by atoms with Crippen LogP contribution >= 0.6 is 0 Å². The minimum atomic E-state index is 0.0982. The smallest absolute Gasteiger partial charge is 0.0918 e. The van der Waals surface area contributed by atoms with Crippen LogP contribution in [-0.2, 0) is 5.41 Å². The SMILES string of the molecule is CC(C)(C)c1ccnc(/C=N/O)c1. The Labute approximate surface area is 78.1 Å². The number of pyridine rings is 1. The minimum absolute atomic E-state index is 0.0982. The molecule has 3 heteroatoms. The molecule has 1 aromatic rings. The van der Waals surface area contributed by atoms with Crippen LogP contribution in [0.25, 0.3) is 0 Å². The van der Waals surface area contributed by atoms with Crippen molar-refractivity contribution in [1.29, 1.82) is 0 Å². The number of hydrogen-bond donors (Lipinski definition) is 1. The third-order valence-corrected chi connectivity index (χ3v) is 1.84. The molecule has 0 atom stereocenters. The topological polar surface area (TPSA) is 45.5 Å². The van der Waals surface area contributed by atoms with Gasteiger partial charge in [0.15, 0.2) is 0 Å². The van der Waals surface area contributed by atoms with E-state index in [0.717, 1.165) is 0 Å². The molecular formula is C10H14N2O. The fraction of sp³-hybridized carbons (Fsp3) is 0.400. The van der Waals surface area contributed by atoms with E-state index in [0.29, 0.717) is 5.69 Å². The summed E-state index contributed by atoms with van der Waals surface area (Å²) < 4.78 is 0. The van der Waals surface area contributed by atoms with Gasteiger partial charge in [-0.1, -0.05) is 25.9 Å². The Bertz CT molecular complexity index is 313. The molecule has 0 spiro atoms. The van der Waals surface area contributed by atoms with E-state index in [1.54, 1.807) is 6.20 Å². The van der Waals surface area contributed by atoms with Crippen molar-refractivity contribution in [3.05, 3.63) is 29.6 Å². The summed E-state index contributed by atoms with van der Waals surface area (Å²) >= 11 is 0. The summed E-state index contributed by atoms with van der Waals surface area (Å²) in [7, 11) is 0. The number of aromatic nitrogens is 1. The van der Waals surface area contributed by atoms with Crippen molar-refractivity contribution in [1.82, 2.24) is 4.98 Å². The van der Waals surface area contributed by atoms with Gasteiger partial charge in [-0.05, 0) is 23.1 Å². The Morgan fingerprint density at radius 2 is 2.15 bits per heavy atom. The molecule has 0 aliphatic rings. The highest BCUT2D eigenvalue weighted by atomic mass is 16.4. The lowest BCUT2D eigenvalue weighted by molar-refractivity contribution is 0.321. The molecule has 1 heterocycles. The summed E-state index contributed by atoms with van der Waals surface area (Å²) in [6, 6.07) is 3.88. The first kappa shape index (κ1) is 9.71. The summed E-state index contributed by atoms with van der Waals surface area (Å²) in [6.45, 7) is 6.38. The van der Waals surface area contributed by atoms with E-state index in [2.05, 4.69) is 30.9 Å². The largest absolute Gasteiger partial charge is 0.411 e. The first-order chi connectivity index (χ1) is 6.04. The van der Waals surface area contributed by atoms with Gasteiger partial charge in [0.25, 0.3) is 0 Å². The highest BCUT2D eigenvalue weighted by molar-refractivity contribution is 5.76. The number of hydrogen-bond acceptors (Lipinski definition) is 3. The molecule has 13 heavy (non-hydrogen) atoms. The molecule has 0 saturated carbocycles. The van der Waals surface area contributed by atoms with Crippen LogP contribution in [-0.4, -0.2) is 16.4 Å². The van der Waals surface area contributed by atoms with E-state index < -0.39 is 0 Å². The van der Waals surface area contributed by atoms with Crippen molar-refractivity contribution in [2.24, 2.45) is 5.16 Å². The van der Waals surface area contributed by atoms with Gasteiger partial charge in [0, 0.05) is 6.20 Å². The Morgan fingerprint density at radius 3 is 2.69 bits per heavy atom. The summed E-state index contributed by atoms with van der Waals surface area (Å²) in [6.07, 6.45) is 3.05. The molecule has 1 rings (SSSR count). The predicted octanol–water partition coefficient (Wildman–Crippen LogP) is 2.19. The van der Waals surface area contributed by atoms with E-state index in [9.17, 15) is 0 Å². The molecule has 0 aromatic carbocycles. The van der Waals surface area contributed by atoms with Crippen molar-refractivity contribution < 1.29 is 5.21 Å². The number of nitrogens with zero attached hydrogens (tertiary/aromatic N) is 2. The summed E-state index contributed by atoms with van der Waals surface area (Å²) in [5.74, 6) is 0. The predicted molar refractivity (Wildman–Crippen MR) is 52.3 cm³/mol. The molecule has 0 unspecified atom stereocenters. The zero-order valence-electron chi connectivity index (χ0n) is 8.15. The van der Waals surface area contributed by atoms with Gasteiger partial charge in [0.05, 0.1) is 11.9 Å². The van der Waals surface area contributed by atoms with Crippen molar-refractivity contribution in [3.8, 4) is 0 Å². The monoisotopic (exact) mass is 178 g/mol. The Hall–Kier alpha value is -1.38. The van der Waals surface area contributed by atoms with Gasteiger partial charge in [-0.2, -0.15) is 0 Å². The zero-order chi connectivity index (χ0) is 9.90. The summed E-state index contributed by atoms with van der Waals surface area (Å²) in [4.78, 5) is 4.03. The highest BCUT2D eigenvalue weighted by Crippen LogP contribution is 2.21. The van der Waals surface area contributed by atoms with E-state index in [-0.39, 0.29) is 5.41 Å². The summed E-state index contributed by atoms with van der Waals surface area (Å²) in [5, 5.41) is 11.3. The van der Waals surface area contributed by atoms with E-state index >= 15 is 0 Å². The van der Waals surface area contributed by atoms with Crippen LogP contribution in [0.15, 0.2) is 23.5 Å². The zero-order valence-corrected chi connectivity index (χ0v) is 8.15. The van der Waals surface area contributed by atoms with Crippen molar-refractivity contribution >= 4 is 6.21 Å². The van der Waals surface area contributed by atoms with Crippen molar-refractivity contribution in [2.75, 3.05) is 0 Å². The van der Waals surface area contributed by atoms with Gasteiger partial charge in [0.1, 0.15) is 0 Å². The summed E-state index contributed by atoms with van der Waals surface area (Å²) in [5.41, 5.74) is 1.95. The lowest BCUT2D eigenvalue weighted by Gasteiger charge is -2.18. The van der Waals surface area contributed by atoms with Gasteiger partial charge < -0.3 is 5.21 Å². The Kier molecular flexibility index (Phi) is 2.66. The minimum Gasteiger partial charge on any atom is -0.411 e. The standard InChI is InChI=1S/C10H14N2O/c1-10(2,3)8-4-5-11-9(6-8)7-12-13/h4-7,13H,1-3H3/b12-7+. The Balaban J connectivity index is 3.05. The molecule has 1 aromatic heterocycles. The van der Waals surface area contributed by atoms with Gasteiger partial charge >= 0.3 is 0 Å². The first-order valence-electron chi connectivity index (χ1n) is 4.18. The fourth-order valence-corrected chi connectivity index (χ4v) is 1.04. The third kappa shape index (κ3) is 2.54. The van der Waals surface area contributed by atoms with Gasteiger partial charge in [0.2, 0.25) is 0 Å². The molecular weight excluding hydrogens is 164 g/mol. The maximum atomic E-state index is 8.34. The van der Waals surface area contributed by atoms with Gasteiger partial charge in [-0.3, -0.25) is 4.98 Å². The highest BCUT2D eigenvalue weighted by Gasteiger charge is 2.13.